The minimum Gasteiger partial charge on any atom is -0.345 e. The molecule has 0 unspecified atom stereocenters. The van der Waals surface area contributed by atoms with Gasteiger partial charge in [0, 0.05) is 12.6 Å². The molecule has 0 fully saturated rings. The monoisotopic (exact) mass is 320 g/mol. The molecule has 0 aliphatic carbocycles. The van der Waals surface area contributed by atoms with Crippen molar-refractivity contribution in [1.82, 2.24) is 20.1 Å². The topological polar surface area (TPSA) is 62.7 Å². The number of carbonyl (C=O) groups is 1. The fourth-order valence-electron chi connectivity index (χ4n) is 2.02. The average molecular weight is 320 g/mol. The van der Waals surface area contributed by atoms with Crippen molar-refractivity contribution < 1.29 is 9.18 Å². The number of aromatic amines is 1. The van der Waals surface area contributed by atoms with E-state index in [9.17, 15) is 9.18 Å². The number of hydrogen-bond acceptors (Lipinski definition) is 3. The van der Waals surface area contributed by atoms with Gasteiger partial charge >= 0.3 is 0 Å². The Morgan fingerprint density at radius 3 is 2.77 bits per heavy atom. The number of amides is 1. The quantitative estimate of drug-likeness (QED) is 0.658. The molecule has 1 aromatic carbocycles. The molecule has 2 rings (SSSR count). The highest BCUT2D eigenvalue weighted by Gasteiger charge is 2.06. The molecule has 0 atom stereocenters. The number of hydrogen-bond donors (Lipinski definition) is 2. The zero-order chi connectivity index (χ0) is 16.1. The van der Waals surface area contributed by atoms with E-state index in [1.807, 2.05) is 11.5 Å². The average Bonchev–Trinajstić information content (AvgIpc) is 2.85. The first kappa shape index (κ1) is 16.1. The number of nitrogens with one attached hydrogen (secondary N) is 2. The second-order valence-electron chi connectivity index (χ2n) is 4.74. The number of aromatic nitrogens is 3. The lowest BCUT2D eigenvalue weighted by Crippen LogP contribution is -2.23. The number of nitrogens with zero attached hydrogens (tertiary/aromatic N) is 2. The van der Waals surface area contributed by atoms with Crippen molar-refractivity contribution >= 4 is 23.7 Å². The van der Waals surface area contributed by atoms with Crippen molar-refractivity contribution in [2.75, 3.05) is 0 Å². The Morgan fingerprint density at radius 2 is 2.14 bits per heavy atom. The summed E-state index contributed by atoms with van der Waals surface area (Å²) in [6.45, 7) is 4.72. The molecule has 0 saturated heterocycles. The van der Waals surface area contributed by atoms with Gasteiger partial charge in [0.05, 0.1) is 6.54 Å². The van der Waals surface area contributed by atoms with E-state index in [1.54, 1.807) is 19.1 Å². The van der Waals surface area contributed by atoms with Crippen molar-refractivity contribution in [2.45, 2.75) is 26.9 Å². The van der Waals surface area contributed by atoms with E-state index in [0.717, 1.165) is 11.1 Å². The minimum atomic E-state index is -0.302. The lowest BCUT2D eigenvalue weighted by atomic mass is 10.1. The fraction of sp³-hybridized carbons (Fsp3) is 0.267. The Morgan fingerprint density at radius 1 is 1.45 bits per heavy atom. The highest BCUT2D eigenvalue weighted by atomic mass is 32.1. The van der Waals surface area contributed by atoms with Gasteiger partial charge in [-0.05, 0) is 49.3 Å². The van der Waals surface area contributed by atoms with E-state index >= 15 is 0 Å². The van der Waals surface area contributed by atoms with Gasteiger partial charge in [-0.1, -0.05) is 12.1 Å². The Balaban J connectivity index is 2.01. The normalized spacial score (nSPS) is 11.5. The van der Waals surface area contributed by atoms with Crippen molar-refractivity contribution in [2.24, 2.45) is 0 Å². The van der Waals surface area contributed by atoms with Crippen LogP contribution in [0.5, 0.6) is 0 Å². The Labute approximate surface area is 132 Å². The Kier molecular flexibility index (Phi) is 5.21. The van der Waals surface area contributed by atoms with Gasteiger partial charge in [0.2, 0.25) is 5.91 Å². The molecule has 0 aliphatic rings. The van der Waals surface area contributed by atoms with E-state index in [0.29, 0.717) is 17.1 Å². The van der Waals surface area contributed by atoms with Crippen LogP contribution >= 0.6 is 12.2 Å². The third kappa shape index (κ3) is 3.88. The molecule has 5 nitrogen and oxygen atoms in total. The first-order valence-corrected chi connectivity index (χ1v) is 7.28. The maximum atomic E-state index is 12.9. The summed E-state index contributed by atoms with van der Waals surface area (Å²) in [5, 5.41) is 9.53. The third-order valence-electron chi connectivity index (χ3n) is 3.22. The molecule has 22 heavy (non-hydrogen) atoms. The van der Waals surface area contributed by atoms with Crippen molar-refractivity contribution in [3.8, 4) is 0 Å². The largest absolute Gasteiger partial charge is 0.345 e. The Bertz CT molecular complexity index is 746. The maximum Gasteiger partial charge on any atom is 0.244 e. The summed E-state index contributed by atoms with van der Waals surface area (Å²) in [6, 6.07) is 6.00. The van der Waals surface area contributed by atoms with E-state index in [4.69, 9.17) is 12.2 Å². The summed E-state index contributed by atoms with van der Waals surface area (Å²) >= 11 is 5.09. The van der Waals surface area contributed by atoms with Crippen LogP contribution in [0.15, 0.2) is 30.3 Å². The van der Waals surface area contributed by atoms with Gasteiger partial charge in [-0.25, -0.2) is 4.39 Å². The van der Waals surface area contributed by atoms with Crippen molar-refractivity contribution in [1.29, 1.82) is 0 Å². The predicted octanol–water partition coefficient (Wildman–Crippen LogP) is 2.82. The number of halogens is 1. The lowest BCUT2D eigenvalue weighted by Gasteiger charge is -2.05. The van der Waals surface area contributed by atoms with Crippen LogP contribution in [0, 0.1) is 10.6 Å². The molecular formula is C15H17FN4OS. The number of rotatable bonds is 5. The second-order valence-corrected chi connectivity index (χ2v) is 5.13. The standard InChI is InChI=1S/C15H17FN4OS/c1-3-20-13(18-19-15(20)22)9-17-14(21)8-10(2)11-4-6-12(16)7-5-11/h4-8H,3,9H2,1-2H3,(H,17,21)(H,19,22)/b10-8-. The predicted molar refractivity (Wildman–Crippen MR) is 85.0 cm³/mol. The SMILES string of the molecule is CCn1c(CNC(=O)/C=C(/C)c2ccc(F)cc2)n[nH]c1=S. The number of benzene rings is 1. The molecular weight excluding hydrogens is 303 g/mol. The minimum absolute atomic E-state index is 0.238. The van der Waals surface area contributed by atoms with Crippen LogP contribution in [0.4, 0.5) is 4.39 Å². The molecule has 0 saturated carbocycles. The summed E-state index contributed by atoms with van der Waals surface area (Å²) in [4.78, 5) is 11.9. The van der Waals surface area contributed by atoms with Gasteiger partial charge in [0.25, 0.3) is 0 Å². The second kappa shape index (κ2) is 7.13. The molecule has 0 radical (unpaired) electrons. The van der Waals surface area contributed by atoms with Crippen LogP contribution < -0.4 is 5.32 Å². The van der Waals surface area contributed by atoms with Gasteiger partial charge in [-0.15, -0.1) is 0 Å². The van der Waals surface area contributed by atoms with Crippen LogP contribution in [0.1, 0.15) is 25.2 Å². The van der Waals surface area contributed by atoms with Crippen LogP contribution in [-0.2, 0) is 17.9 Å². The number of carbonyl (C=O) groups excluding carboxylic acids is 1. The molecule has 0 spiro atoms. The summed E-state index contributed by atoms with van der Waals surface area (Å²) < 4.78 is 15.2. The third-order valence-corrected chi connectivity index (χ3v) is 3.53. The maximum absolute atomic E-state index is 12.9. The van der Waals surface area contributed by atoms with E-state index in [-0.39, 0.29) is 18.3 Å². The van der Waals surface area contributed by atoms with Crippen LogP contribution in [0.3, 0.4) is 0 Å². The molecule has 1 heterocycles. The summed E-state index contributed by atoms with van der Waals surface area (Å²) in [6.07, 6.45) is 1.48. The van der Waals surface area contributed by atoms with E-state index in [1.165, 1.54) is 18.2 Å². The molecule has 2 N–H and O–H groups in total. The van der Waals surface area contributed by atoms with E-state index in [2.05, 4.69) is 15.5 Å². The van der Waals surface area contributed by atoms with Gasteiger partial charge in [-0.2, -0.15) is 5.10 Å². The van der Waals surface area contributed by atoms with Gasteiger partial charge in [0.1, 0.15) is 5.82 Å². The molecule has 1 amide bonds. The highest BCUT2D eigenvalue weighted by Crippen LogP contribution is 2.13. The molecule has 0 aliphatic heterocycles. The lowest BCUT2D eigenvalue weighted by molar-refractivity contribution is -0.116. The fourth-order valence-corrected chi connectivity index (χ4v) is 2.30. The first-order valence-electron chi connectivity index (χ1n) is 6.87. The van der Waals surface area contributed by atoms with E-state index < -0.39 is 0 Å². The van der Waals surface area contributed by atoms with Crippen LogP contribution in [0.25, 0.3) is 5.57 Å². The van der Waals surface area contributed by atoms with Crippen LogP contribution in [0.2, 0.25) is 0 Å². The Hall–Kier alpha value is -2.28. The zero-order valence-electron chi connectivity index (χ0n) is 12.4. The molecule has 7 heteroatoms. The first-order chi connectivity index (χ1) is 10.5. The summed E-state index contributed by atoms with van der Waals surface area (Å²) in [5.41, 5.74) is 1.56. The summed E-state index contributed by atoms with van der Waals surface area (Å²) in [5.74, 6) is 0.135. The molecule has 116 valence electrons. The van der Waals surface area contributed by atoms with Gasteiger partial charge in [0.15, 0.2) is 10.6 Å². The number of H-pyrrole nitrogens is 1. The van der Waals surface area contributed by atoms with Crippen molar-refractivity contribution in [3.63, 3.8) is 0 Å². The highest BCUT2D eigenvalue weighted by molar-refractivity contribution is 7.71. The molecule has 1 aromatic heterocycles. The van der Waals surface area contributed by atoms with Gasteiger partial charge in [-0.3, -0.25) is 9.89 Å². The molecule has 2 aromatic rings. The summed E-state index contributed by atoms with van der Waals surface area (Å²) in [7, 11) is 0. The van der Waals surface area contributed by atoms with Gasteiger partial charge < -0.3 is 9.88 Å². The smallest absolute Gasteiger partial charge is 0.244 e. The number of allylic oxidation sites excluding steroid dienone is 1. The van der Waals surface area contributed by atoms with Crippen molar-refractivity contribution in [3.05, 3.63) is 52.3 Å². The van der Waals surface area contributed by atoms with Crippen LogP contribution in [-0.4, -0.2) is 20.7 Å². The zero-order valence-corrected chi connectivity index (χ0v) is 13.2. The molecule has 0 bridgehead atoms.